The molecule has 0 saturated heterocycles. The van der Waals surface area contributed by atoms with Gasteiger partial charge in [-0.25, -0.2) is 9.78 Å². The topological polar surface area (TPSA) is 99.8 Å². The molecule has 0 unspecified atom stereocenters. The second-order valence-corrected chi connectivity index (χ2v) is 6.50. The maximum Gasteiger partial charge on any atom is 0.327 e. The number of halogens is 3. The van der Waals surface area contributed by atoms with E-state index in [1.165, 1.54) is 6.07 Å². The standard InChI is InChI=1S/C14H14Cl3N5O2/c1-6(2)3-7-5-18-22-12(7)20-14(24)21-13(23)8-4-9(15)11(17)19-10(8)16/h4-6H,3H2,1-2H3,(H3,18,20,21,22,23,24). The summed E-state index contributed by atoms with van der Waals surface area (Å²) in [5.74, 6) is 0.0507. The Morgan fingerprint density at radius 2 is 1.96 bits per heavy atom. The van der Waals surface area contributed by atoms with E-state index in [-0.39, 0.29) is 20.9 Å². The van der Waals surface area contributed by atoms with Crippen LogP contribution in [-0.2, 0) is 6.42 Å². The van der Waals surface area contributed by atoms with Crippen molar-refractivity contribution < 1.29 is 9.59 Å². The lowest BCUT2D eigenvalue weighted by Gasteiger charge is -2.09. The summed E-state index contributed by atoms with van der Waals surface area (Å²) in [5, 5.41) is 11.1. The van der Waals surface area contributed by atoms with Gasteiger partial charge in [-0.3, -0.25) is 20.5 Å². The number of pyridine rings is 1. The molecule has 2 heterocycles. The van der Waals surface area contributed by atoms with Gasteiger partial charge in [0.2, 0.25) is 0 Å². The largest absolute Gasteiger partial charge is 0.327 e. The van der Waals surface area contributed by atoms with Gasteiger partial charge in [-0.1, -0.05) is 48.7 Å². The van der Waals surface area contributed by atoms with Gasteiger partial charge in [-0.05, 0) is 18.4 Å². The van der Waals surface area contributed by atoms with Gasteiger partial charge in [0.1, 0.15) is 16.1 Å². The predicted molar refractivity (Wildman–Crippen MR) is 92.9 cm³/mol. The first-order valence-electron chi connectivity index (χ1n) is 6.94. The molecule has 0 bridgehead atoms. The van der Waals surface area contributed by atoms with Crippen LogP contribution in [0.25, 0.3) is 0 Å². The molecule has 2 aromatic rings. The van der Waals surface area contributed by atoms with Crippen molar-refractivity contribution >= 4 is 52.6 Å². The monoisotopic (exact) mass is 389 g/mol. The minimum atomic E-state index is -0.756. The van der Waals surface area contributed by atoms with Crippen molar-refractivity contribution in [2.24, 2.45) is 5.92 Å². The van der Waals surface area contributed by atoms with E-state index in [1.807, 2.05) is 13.8 Å². The lowest BCUT2D eigenvalue weighted by molar-refractivity contribution is 0.0967. The summed E-state index contributed by atoms with van der Waals surface area (Å²) >= 11 is 17.3. The van der Waals surface area contributed by atoms with Crippen LogP contribution >= 0.6 is 34.8 Å². The van der Waals surface area contributed by atoms with Gasteiger partial charge in [0.15, 0.2) is 0 Å². The molecular formula is C14H14Cl3N5O2. The van der Waals surface area contributed by atoms with Crippen LogP contribution in [-0.4, -0.2) is 27.1 Å². The average Bonchev–Trinajstić information content (AvgIpc) is 2.88. The molecule has 0 aliphatic heterocycles. The number of hydrogen-bond acceptors (Lipinski definition) is 4. The predicted octanol–water partition coefficient (Wildman–Crippen LogP) is 3.93. The van der Waals surface area contributed by atoms with Crippen molar-refractivity contribution in [2.45, 2.75) is 20.3 Å². The Hall–Kier alpha value is -1.83. The van der Waals surface area contributed by atoms with Crippen molar-refractivity contribution in [3.8, 4) is 0 Å². The molecule has 0 saturated carbocycles. The number of amides is 3. The first-order valence-corrected chi connectivity index (χ1v) is 8.07. The third kappa shape index (κ3) is 4.59. The maximum absolute atomic E-state index is 12.1. The Balaban J connectivity index is 2.06. The number of rotatable bonds is 4. The molecule has 10 heteroatoms. The fourth-order valence-electron chi connectivity index (χ4n) is 1.93. The molecule has 128 valence electrons. The second-order valence-electron chi connectivity index (χ2n) is 5.38. The molecule has 3 amide bonds. The van der Waals surface area contributed by atoms with Crippen LogP contribution in [0.3, 0.4) is 0 Å². The average molecular weight is 391 g/mol. The summed E-state index contributed by atoms with van der Waals surface area (Å²) in [7, 11) is 0. The fraction of sp³-hybridized carbons (Fsp3) is 0.286. The van der Waals surface area contributed by atoms with Crippen molar-refractivity contribution in [1.82, 2.24) is 20.5 Å². The van der Waals surface area contributed by atoms with Gasteiger partial charge in [-0.15, -0.1) is 0 Å². The number of hydrogen-bond donors (Lipinski definition) is 3. The van der Waals surface area contributed by atoms with Crippen LogP contribution in [0.2, 0.25) is 15.3 Å². The third-order valence-corrected chi connectivity index (χ3v) is 3.90. The summed E-state index contributed by atoms with van der Waals surface area (Å²) < 4.78 is 0. The van der Waals surface area contributed by atoms with Crippen LogP contribution < -0.4 is 10.6 Å². The number of nitrogens with zero attached hydrogens (tertiary/aromatic N) is 2. The van der Waals surface area contributed by atoms with E-state index < -0.39 is 11.9 Å². The molecule has 0 atom stereocenters. The molecule has 0 aromatic carbocycles. The summed E-state index contributed by atoms with van der Waals surface area (Å²) in [6.07, 6.45) is 2.35. The van der Waals surface area contributed by atoms with E-state index in [4.69, 9.17) is 34.8 Å². The van der Waals surface area contributed by atoms with E-state index in [1.54, 1.807) is 6.20 Å². The molecule has 7 nitrogen and oxygen atoms in total. The van der Waals surface area contributed by atoms with Crippen LogP contribution in [0.15, 0.2) is 12.3 Å². The molecule has 0 fully saturated rings. The molecule has 0 radical (unpaired) electrons. The Morgan fingerprint density at radius 3 is 2.62 bits per heavy atom. The number of imide groups is 1. The van der Waals surface area contributed by atoms with Gasteiger partial charge in [0.05, 0.1) is 16.8 Å². The summed E-state index contributed by atoms with van der Waals surface area (Å²) in [6, 6.07) is 0.499. The lowest BCUT2D eigenvalue weighted by atomic mass is 10.1. The number of H-pyrrole nitrogens is 1. The van der Waals surface area contributed by atoms with E-state index in [0.29, 0.717) is 11.7 Å². The SMILES string of the molecule is CC(C)Cc1cn[nH]c1NC(=O)NC(=O)c1cc(Cl)c(Cl)nc1Cl. The highest BCUT2D eigenvalue weighted by atomic mass is 35.5. The van der Waals surface area contributed by atoms with E-state index >= 15 is 0 Å². The Bertz CT molecular complexity index is 776. The first-order chi connectivity index (χ1) is 11.3. The number of urea groups is 1. The zero-order valence-electron chi connectivity index (χ0n) is 12.8. The first kappa shape index (κ1) is 18.5. The van der Waals surface area contributed by atoms with Gasteiger partial charge in [-0.2, -0.15) is 5.10 Å². The Labute approximate surface area is 153 Å². The smallest absolute Gasteiger partial charge is 0.292 e. The molecule has 2 aromatic heterocycles. The zero-order chi connectivity index (χ0) is 17.9. The second kappa shape index (κ2) is 7.83. The molecule has 3 N–H and O–H groups in total. The molecule has 0 aliphatic rings. The van der Waals surface area contributed by atoms with Gasteiger partial charge in [0.25, 0.3) is 5.91 Å². The van der Waals surface area contributed by atoms with Crippen molar-refractivity contribution in [3.63, 3.8) is 0 Å². The zero-order valence-corrected chi connectivity index (χ0v) is 15.1. The van der Waals surface area contributed by atoms with Crippen LogP contribution in [0.5, 0.6) is 0 Å². The molecule has 0 spiro atoms. The fourth-order valence-corrected chi connectivity index (χ4v) is 2.49. The minimum absolute atomic E-state index is 0.0292. The highest BCUT2D eigenvalue weighted by Crippen LogP contribution is 2.25. The van der Waals surface area contributed by atoms with Crippen LogP contribution in [0, 0.1) is 5.92 Å². The van der Waals surface area contributed by atoms with Crippen molar-refractivity contribution in [3.05, 3.63) is 38.7 Å². The highest BCUT2D eigenvalue weighted by molar-refractivity contribution is 6.42. The summed E-state index contributed by atoms with van der Waals surface area (Å²) in [4.78, 5) is 27.8. The lowest BCUT2D eigenvalue weighted by Crippen LogP contribution is -2.35. The number of aromatic amines is 1. The number of carbonyl (C=O) groups excluding carboxylic acids is 2. The summed E-state index contributed by atoms with van der Waals surface area (Å²) in [6.45, 7) is 4.08. The van der Waals surface area contributed by atoms with Crippen molar-refractivity contribution in [1.29, 1.82) is 0 Å². The van der Waals surface area contributed by atoms with Gasteiger partial charge >= 0.3 is 6.03 Å². The number of nitrogens with one attached hydrogen (secondary N) is 3. The molecular weight excluding hydrogens is 377 g/mol. The van der Waals surface area contributed by atoms with Gasteiger partial charge in [0, 0.05) is 5.56 Å². The van der Waals surface area contributed by atoms with E-state index in [2.05, 4.69) is 25.8 Å². The Morgan fingerprint density at radius 1 is 1.25 bits per heavy atom. The van der Waals surface area contributed by atoms with Crippen LogP contribution in [0.4, 0.5) is 10.6 Å². The van der Waals surface area contributed by atoms with E-state index in [9.17, 15) is 9.59 Å². The highest BCUT2D eigenvalue weighted by Gasteiger charge is 2.18. The third-order valence-electron chi connectivity index (χ3n) is 2.94. The van der Waals surface area contributed by atoms with Crippen molar-refractivity contribution in [2.75, 3.05) is 5.32 Å². The molecule has 0 aliphatic carbocycles. The quantitative estimate of drug-likeness (QED) is 0.689. The summed E-state index contributed by atoms with van der Waals surface area (Å²) in [5.41, 5.74) is 0.773. The molecule has 2 rings (SSSR count). The normalized spacial score (nSPS) is 10.8. The Kier molecular flexibility index (Phi) is 6.04. The van der Waals surface area contributed by atoms with E-state index in [0.717, 1.165) is 12.0 Å². The van der Waals surface area contributed by atoms with Gasteiger partial charge < -0.3 is 0 Å². The number of anilines is 1. The minimum Gasteiger partial charge on any atom is -0.292 e. The maximum atomic E-state index is 12.1. The molecule has 24 heavy (non-hydrogen) atoms. The van der Waals surface area contributed by atoms with Crippen LogP contribution in [0.1, 0.15) is 29.8 Å². The number of aromatic nitrogens is 3. The number of carbonyl (C=O) groups is 2.